The number of hydrazone groups is 1. The average molecular weight is 381 g/mol. The van der Waals surface area contributed by atoms with Gasteiger partial charge in [0.15, 0.2) is 5.84 Å². The van der Waals surface area contributed by atoms with Crippen molar-refractivity contribution >= 4 is 24.0 Å². The van der Waals surface area contributed by atoms with E-state index in [4.69, 9.17) is 4.74 Å². The Hall–Kier alpha value is -3.99. The van der Waals surface area contributed by atoms with Crippen LogP contribution in [0.4, 0.5) is 0 Å². The second-order valence-corrected chi connectivity index (χ2v) is 6.38. The van der Waals surface area contributed by atoms with Gasteiger partial charge in [0, 0.05) is 5.56 Å². The van der Waals surface area contributed by atoms with Crippen molar-refractivity contribution in [1.29, 1.82) is 0 Å². The third-order valence-corrected chi connectivity index (χ3v) is 4.41. The zero-order chi connectivity index (χ0) is 20.1. The summed E-state index contributed by atoms with van der Waals surface area (Å²) in [5, 5.41) is 5.76. The summed E-state index contributed by atoms with van der Waals surface area (Å²) in [5.74, 6) is 0.988. The molecular weight excluding hydrogens is 362 g/mol. The summed E-state index contributed by atoms with van der Waals surface area (Å²) in [6.45, 7) is 0. The highest BCUT2D eigenvalue weighted by molar-refractivity contribution is 6.19. The molecule has 142 valence electrons. The van der Waals surface area contributed by atoms with E-state index in [0.717, 1.165) is 22.4 Å². The molecule has 0 N–H and O–H groups in total. The van der Waals surface area contributed by atoms with Crippen molar-refractivity contribution in [2.24, 2.45) is 10.1 Å². The Balaban J connectivity index is 1.70. The van der Waals surface area contributed by atoms with Crippen LogP contribution in [0.2, 0.25) is 0 Å². The maximum absolute atomic E-state index is 13.0. The fourth-order valence-electron chi connectivity index (χ4n) is 2.91. The van der Waals surface area contributed by atoms with Crippen LogP contribution in [-0.4, -0.2) is 30.1 Å². The van der Waals surface area contributed by atoms with E-state index in [0.29, 0.717) is 11.5 Å². The summed E-state index contributed by atoms with van der Waals surface area (Å²) < 4.78 is 5.18. The lowest BCUT2D eigenvalue weighted by atomic mass is 10.2. The number of aliphatic imine (C=N–C) groups is 1. The zero-order valence-corrected chi connectivity index (χ0v) is 15.9. The Morgan fingerprint density at radius 3 is 2.17 bits per heavy atom. The minimum atomic E-state index is -0.271. The van der Waals surface area contributed by atoms with E-state index in [1.807, 2.05) is 84.9 Å². The van der Waals surface area contributed by atoms with Gasteiger partial charge in [-0.15, -0.1) is 0 Å². The van der Waals surface area contributed by atoms with E-state index in [-0.39, 0.29) is 5.91 Å². The maximum Gasteiger partial charge on any atom is 0.298 e. The standard InChI is InChI=1S/C24H19N3O2/c1-29-21-14-12-18(13-15-21)16-22-24(28)27(25-17-19-8-4-2-5-9-19)23(26-22)20-10-6-3-7-11-20/h2-17H,1H3. The van der Waals surface area contributed by atoms with Crippen molar-refractivity contribution in [3.8, 4) is 5.75 Å². The lowest BCUT2D eigenvalue weighted by Gasteiger charge is -2.11. The molecule has 0 unspecified atom stereocenters. The van der Waals surface area contributed by atoms with Gasteiger partial charge in [0.1, 0.15) is 11.4 Å². The molecule has 0 saturated heterocycles. The van der Waals surface area contributed by atoms with Crippen molar-refractivity contribution < 1.29 is 9.53 Å². The topological polar surface area (TPSA) is 54.3 Å². The SMILES string of the molecule is COc1ccc(C=C2N=C(c3ccccc3)N(N=Cc3ccccc3)C2=O)cc1. The van der Waals surface area contributed by atoms with Crippen LogP contribution < -0.4 is 4.74 Å². The van der Waals surface area contributed by atoms with Gasteiger partial charge in [-0.05, 0) is 29.3 Å². The molecular formula is C24H19N3O2. The van der Waals surface area contributed by atoms with Crippen molar-refractivity contribution in [3.63, 3.8) is 0 Å². The van der Waals surface area contributed by atoms with Crippen LogP contribution >= 0.6 is 0 Å². The summed E-state index contributed by atoms with van der Waals surface area (Å²) >= 11 is 0. The molecule has 3 aromatic carbocycles. The molecule has 5 nitrogen and oxygen atoms in total. The van der Waals surface area contributed by atoms with Crippen LogP contribution in [0.15, 0.2) is 101 Å². The predicted octanol–water partition coefficient (Wildman–Crippen LogP) is 4.36. The highest BCUT2D eigenvalue weighted by Crippen LogP contribution is 2.23. The van der Waals surface area contributed by atoms with Crippen molar-refractivity contribution in [1.82, 2.24) is 5.01 Å². The highest BCUT2D eigenvalue weighted by Gasteiger charge is 2.31. The number of rotatable bonds is 5. The fourth-order valence-corrected chi connectivity index (χ4v) is 2.91. The normalized spacial score (nSPS) is 15.2. The maximum atomic E-state index is 13.0. The summed E-state index contributed by atoms with van der Waals surface area (Å²) in [6.07, 6.45) is 3.41. The molecule has 1 aliphatic rings. The number of methoxy groups -OCH3 is 1. The van der Waals surface area contributed by atoms with Gasteiger partial charge in [-0.1, -0.05) is 72.8 Å². The van der Waals surface area contributed by atoms with Crippen LogP contribution in [0.3, 0.4) is 0 Å². The molecule has 0 aromatic heterocycles. The number of carbonyl (C=O) groups is 1. The molecule has 1 amide bonds. The van der Waals surface area contributed by atoms with E-state index in [1.54, 1.807) is 19.4 Å². The molecule has 0 spiro atoms. The summed E-state index contributed by atoms with van der Waals surface area (Å²) in [6, 6.07) is 26.7. The smallest absolute Gasteiger partial charge is 0.298 e. The Morgan fingerprint density at radius 1 is 0.862 bits per heavy atom. The Kier molecular flexibility index (Phi) is 5.29. The number of benzene rings is 3. The molecule has 1 heterocycles. The third kappa shape index (κ3) is 4.14. The first-order valence-electron chi connectivity index (χ1n) is 9.18. The van der Waals surface area contributed by atoms with Crippen LogP contribution in [0.1, 0.15) is 16.7 Å². The van der Waals surface area contributed by atoms with Gasteiger partial charge in [-0.25, -0.2) is 4.99 Å². The van der Waals surface area contributed by atoms with Gasteiger partial charge in [-0.3, -0.25) is 4.79 Å². The van der Waals surface area contributed by atoms with Gasteiger partial charge in [-0.2, -0.15) is 10.1 Å². The van der Waals surface area contributed by atoms with Crippen LogP contribution in [0.25, 0.3) is 6.08 Å². The Bertz CT molecular complexity index is 1090. The second-order valence-electron chi connectivity index (χ2n) is 6.38. The van der Waals surface area contributed by atoms with Gasteiger partial charge < -0.3 is 4.74 Å². The first-order valence-corrected chi connectivity index (χ1v) is 9.18. The quantitative estimate of drug-likeness (QED) is 0.487. The minimum Gasteiger partial charge on any atom is -0.497 e. The Labute approximate surface area is 169 Å². The minimum absolute atomic E-state index is 0.271. The van der Waals surface area contributed by atoms with Gasteiger partial charge in [0.2, 0.25) is 0 Å². The number of hydrogen-bond acceptors (Lipinski definition) is 4. The van der Waals surface area contributed by atoms with E-state index in [2.05, 4.69) is 10.1 Å². The molecule has 3 aromatic rings. The lowest BCUT2D eigenvalue weighted by molar-refractivity contribution is -0.122. The summed E-state index contributed by atoms with van der Waals surface area (Å²) in [4.78, 5) is 17.6. The van der Waals surface area contributed by atoms with E-state index in [9.17, 15) is 4.79 Å². The molecule has 4 rings (SSSR count). The lowest BCUT2D eigenvalue weighted by Crippen LogP contribution is -2.27. The number of ether oxygens (including phenoxy) is 1. The fraction of sp³-hybridized carbons (Fsp3) is 0.0417. The third-order valence-electron chi connectivity index (χ3n) is 4.41. The molecule has 0 bridgehead atoms. The number of hydrogen-bond donors (Lipinski definition) is 0. The number of amidine groups is 1. The molecule has 5 heteroatoms. The second kappa shape index (κ2) is 8.35. The van der Waals surface area contributed by atoms with Crippen LogP contribution in [0, 0.1) is 0 Å². The first-order chi connectivity index (χ1) is 14.2. The number of nitrogens with zero attached hydrogens (tertiary/aromatic N) is 3. The summed E-state index contributed by atoms with van der Waals surface area (Å²) in [5.41, 5.74) is 2.92. The predicted molar refractivity (Wildman–Crippen MR) is 115 cm³/mol. The number of amides is 1. The molecule has 1 aliphatic heterocycles. The molecule has 0 saturated carbocycles. The molecule has 29 heavy (non-hydrogen) atoms. The van der Waals surface area contributed by atoms with Crippen LogP contribution in [-0.2, 0) is 4.79 Å². The largest absolute Gasteiger partial charge is 0.497 e. The summed E-state index contributed by atoms with van der Waals surface area (Å²) in [7, 11) is 1.62. The molecule has 0 atom stereocenters. The van der Waals surface area contributed by atoms with Crippen LogP contribution in [0.5, 0.6) is 5.75 Å². The highest BCUT2D eigenvalue weighted by atomic mass is 16.5. The first kappa shape index (κ1) is 18.4. The number of carbonyl (C=O) groups excluding carboxylic acids is 1. The van der Waals surface area contributed by atoms with E-state index >= 15 is 0 Å². The monoisotopic (exact) mass is 381 g/mol. The van der Waals surface area contributed by atoms with Gasteiger partial charge in [0.05, 0.1) is 13.3 Å². The van der Waals surface area contributed by atoms with Crippen molar-refractivity contribution in [3.05, 3.63) is 107 Å². The average Bonchev–Trinajstić information content (AvgIpc) is 3.09. The molecule has 0 radical (unpaired) electrons. The van der Waals surface area contributed by atoms with E-state index < -0.39 is 0 Å². The van der Waals surface area contributed by atoms with Crippen molar-refractivity contribution in [2.45, 2.75) is 0 Å². The molecule has 0 fully saturated rings. The van der Waals surface area contributed by atoms with Gasteiger partial charge in [0.25, 0.3) is 5.91 Å². The van der Waals surface area contributed by atoms with Crippen molar-refractivity contribution in [2.75, 3.05) is 7.11 Å². The van der Waals surface area contributed by atoms with Gasteiger partial charge >= 0.3 is 0 Å². The Morgan fingerprint density at radius 2 is 1.52 bits per heavy atom. The zero-order valence-electron chi connectivity index (χ0n) is 15.9. The van der Waals surface area contributed by atoms with E-state index in [1.165, 1.54) is 5.01 Å². The molecule has 0 aliphatic carbocycles.